The highest BCUT2D eigenvalue weighted by Crippen LogP contribution is 2.29. The Bertz CT molecular complexity index is 685. The highest BCUT2D eigenvalue weighted by atomic mass is 32.2. The van der Waals surface area contributed by atoms with Crippen LogP contribution in [0.25, 0.3) is 0 Å². The first-order chi connectivity index (χ1) is 10.3. The summed E-state index contributed by atoms with van der Waals surface area (Å²) < 4.78 is 25.2. The van der Waals surface area contributed by atoms with E-state index in [-0.39, 0.29) is 10.5 Å². The number of amides is 2. The molecule has 0 aliphatic carbocycles. The summed E-state index contributed by atoms with van der Waals surface area (Å²) in [4.78, 5) is 25.2. The van der Waals surface area contributed by atoms with Gasteiger partial charge in [0.05, 0.1) is 26.2 Å². The van der Waals surface area contributed by atoms with Crippen LogP contribution in [0.2, 0.25) is 0 Å². The lowest BCUT2D eigenvalue weighted by Gasteiger charge is -2.15. The molecule has 0 saturated heterocycles. The van der Waals surface area contributed by atoms with Crippen LogP contribution in [0.1, 0.15) is 16.8 Å². The summed E-state index contributed by atoms with van der Waals surface area (Å²) in [5.41, 5.74) is 0.117. The smallest absolute Gasteiger partial charge is 0.269 e. The molecule has 0 bridgehead atoms. The normalized spacial score (nSPS) is 16.0. The van der Waals surface area contributed by atoms with E-state index in [1.165, 1.54) is 17.0 Å². The molecule has 0 saturated carbocycles. The van der Waals surface area contributed by atoms with E-state index in [2.05, 4.69) is 5.32 Å². The number of nitrogens with zero attached hydrogens (tertiary/aromatic N) is 1. The number of hydrogen-bond donors (Lipinski definition) is 2. The summed E-state index contributed by atoms with van der Waals surface area (Å²) >= 11 is 0. The molecule has 1 aromatic carbocycles. The fourth-order valence-corrected chi connectivity index (χ4v) is 3.77. The van der Waals surface area contributed by atoms with Crippen LogP contribution in [0.15, 0.2) is 29.2 Å². The van der Waals surface area contributed by atoms with Crippen LogP contribution < -0.4 is 10.2 Å². The highest BCUT2D eigenvalue weighted by Gasteiger charge is 2.41. The van der Waals surface area contributed by atoms with Crippen LogP contribution >= 0.6 is 0 Å². The van der Waals surface area contributed by atoms with E-state index in [1.54, 1.807) is 12.1 Å². The number of nitrogens with one attached hydrogen (secondary N) is 2. The molecule has 1 aliphatic heterocycles. The van der Waals surface area contributed by atoms with Crippen molar-refractivity contribution in [1.29, 1.82) is 0 Å². The third-order valence-corrected chi connectivity index (χ3v) is 5.16. The van der Waals surface area contributed by atoms with Gasteiger partial charge in [-0.1, -0.05) is 12.1 Å². The summed E-state index contributed by atoms with van der Waals surface area (Å²) in [6, 6.07) is 5.98. The van der Waals surface area contributed by atoms with Gasteiger partial charge >= 0.3 is 0 Å². The van der Waals surface area contributed by atoms with E-state index in [0.29, 0.717) is 10.8 Å². The molecule has 2 rings (SSSR count). The van der Waals surface area contributed by atoms with Crippen molar-refractivity contribution in [2.75, 3.05) is 33.7 Å². The Labute approximate surface area is 129 Å². The molecule has 7 nitrogen and oxygen atoms in total. The minimum atomic E-state index is -3.92. The van der Waals surface area contributed by atoms with E-state index < -0.39 is 28.4 Å². The largest absolute Gasteiger partial charge is 0.354 e. The van der Waals surface area contributed by atoms with Crippen molar-refractivity contribution >= 4 is 21.8 Å². The number of hydrogen-bond acceptors (Lipinski definition) is 4. The maximum atomic E-state index is 12.3. The number of carbonyl (C=O) groups excluding carboxylic acids is 2. The van der Waals surface area contributed by atoms with Gasteiger partial charge in [-0.05, 0) is 12.1 Å². The quantitative estimate of drug-likeness (QED) is 0.622. The molecule has 2 N–H and O–H groups in total. The number of sulfonamides is 1. The van der Waals surface area contributed by atoms with Crippen LogP contribution in [-0.2, 0) is 14.8 Å². The van der Waals surface area contributed by atoms with Crippen molar-refractivity contribution in [1.82, 2.24) is 9.62 Å². The summed E-state index contributed by atoms with van der Waals surface area (Å²) in [5, 5.41) is 2.64. The first-order valence-electron chi connectivity index (χ1n) is 7.06. The molecule has 2 amide bonds. The van der Waals surface area contributed by atoms with E-state index in [0.717, 1.165) is 13.0 Å². The first kappa shape index (κ1) is 16.4. The molecule has 0 aromatic heterocycles. The highest BCUT2D eigenvalue weighted by molar-refractivity contribution is 7.90. The molecular weight excluding hydrogens is 306 g/mol. The summed E-state index contributed by atoms with van der Waals surface area (Å²) in [6.45, 7) is 0.871. The van der Waals surface area contributed by atoms with E-state index >= 15 is 0 Å². The lowest BCUT2D eigenvalue weighted by molar-refractivity contribution is -0.858. The first-order valence-corrected chi connectivity index (χ1v) is 8.50. The molecule has 22 heavy (non-hydrogen) atoms. The van der Waals surface area contributed by atoms with Gasteiger partial charge in [-0.2, -0.15) is 0 Å². The molecule has 1 aliphatic rings. The van der Waals surface area contributed by atoms with Crippen molar-refractivity contribution in [3.8, 4) is 0 Å². The fourth-order valence-electron chi connectivity index (χ4n) is 2.24. The Morgan fingerprint density at radius 2 is 1.95 bits per heavy atom. The Hall–Kier alpha value is -1.93. The van der Waals surface area contributed by atoms with Gasteiger partial charge in [-0.25, -0.2) is 12.7 Å². The third-order valence-electron chi connectivity index (χ3n) is 3.37. The van der Waals surface area contributed by atoms with Gasteiger partial charge in [0.1, 0.15) is 11.4 Å². The van der Waals surface area contributed by atoms with Gasteiger partial charge in [-0.3, -0.25) is 9.59 Å². The number of rotatable bonds is 6. The maximum absolute atomic E-state index is 12.3. The van der Waals surface area contributed by atoms with Crippen molar-refractivity contribution < 1.29 is 22.9 Å². The Balaban J connectivity index is 2.00. The Kier molecular flexibility index (Phi) is 4.82. The lowest BCUT2D eigenvalue weighted by Crippen LogP contribution is -3.05. The van der Waals surface area contributed by atoms with Crippen molar-refractivity contribution in [2.24, 2.45) is 0 Å². The number of quaternary nitrogens is 1. The third kappa shape index (κ3) is 3.28. The molecule has 0 spiro atoms. The molecule has 8 heteroatoms. The molecule has 0 atom stereocenters. The molecule has 1 heterocycles. The molecule has 0 fully saturated rings. The van der Waals surface area contributed by atoms with Crippen LogP contribution in [0.4, 0.5) is 0 Å². The minimum Gasteiger partial charge on any atom is -0.354 e. The molecule has 0 unspecified atom stereocenters. The standard InChI is InChI=1S/C14H19N3O4S/c1-16(2)9-5-8-15-13(18)10-17-14(19)11-6-3-4-7-12(11)22(17,20)21/h3-4,6-7H,5,8-10H2,1-2H3,(H,15,18)/p+1. The second-order valence-electron chi connectivity index (χ2n) is 5.47. The fraction of sp³-hybridized carbons (Fsp3) is 0.429. The average molecular weight is 326 g/mol. The molecule has 1 aromatic rings. The van der Waals surface area contributed by atoms with Crippen LogP contribution in [0.5, 0.6) is 0 Å². The predicted octanol–water partition coefficient (Wildman–Crippen LogP) is -1.52. The van der Waals surface area contributed by atoms with Crippen molar-refractivity contribution in [2.45, 2.75) is 11.3 Å². The summed E-state index contributed by atoms with van der Waals surface area (Å²) in [7, 11) is 0.101. The van der Waals surface area contributed by atoms with E-state index in [9.17, 15) is 18.0 Å². The number of carbonyl (C=O) groups is 2. The van der Waals surface area contributed by atoms with Crippen LogP contribution in [-0.4, -0.2) is 58.3 Å². The zero-order valence-corrected chi connectivity index (χ0v) is 13.4. The van der Waals surface area contributed by atoms with Gasteiger partial charge in [-0.15, -0.1) is 0 Å². The predicted molar refractivity (Wildman–Crippen MR) is 80.0 cm³/mol. The minimum absolute atomic E-state index is 0.0380. The monoisotopic (exact) mass is 326 g/mol. The molecular formula is C14H20N3O4S+. The Morgan fingerprint density at radius 3 is 2.59 bits per heavy atom. The Morgan fingerprint density at radius 1 is 1.27 bits per heavy atom. The zero-order valence-electron chi connectivity index (χ0n) is 12.6. The van der Waals surface area contributed by atoms with Gasteiger partial charge in [0.25, 0.3) is 15.9 Å². The number of benzene rings is 1. The van der Waals surface area contributed by atoms with Gasteiger partial charge in [0.2, 0.25) is 5.91 Å². The second-order valence-corrected chi connectivity index (χ2v) is 7.30. The number of fused-ring (bicyclic) bond motifs is 1. The van der Waals surface area contributed by atoms with Gasteiger partial charge < -0.3 is 10.2 Å². The zero-order chi connectivity index (χ0) is 16.3. The maximum Gasteiger partial charge on any atom is 0.269 e. The topological polar surface area (TPSA) is 88.0 Å². The van der Waals surface area contributed by atoms with Crippen molar-refractivity contribution in [3.05, 3.63) is 29.8 Å². The molecule has 120 valence electrons. The lowest BCUT2D eigenvalue weighted by atomic mass is 10.2. The van der Waals surface area contributed by atoms with Crippen molar-refractivity contribution in [3.63, 3.8) is 0 Å². The molecule has 0 radical (unpaired) electrons. The van der Waals surface area contributed by atoms with Gasteiger partial charge in [0, 0.05) is 13.0 Å². The van der Waals surface area contributed by atoms with E-state index in [1.807, 2.05) is 14.1 Å². The summed E-state index contributed by atoms with van der Waals surface area (Å²) in [6.07, 6.45) is 0.787. The van der Waals surface area contributed by atoms with E-state index in [4.69, 9.17) is 0 Å². The van der Waals surface area contributed by atoms with Crippen LogP contribution in [0.3, 0.4) is 0 Å². The second kappa shape index (κ2) is 6.45. The van der Waals surface area contributed by atoms with Crippen LogP contribution in [0, 0.1) is 0 Å². The average Bonchev–Trinajstić information content (AvgIpc) is 2.65. The SMILES string of the molecule is C[NH+](C)CCCNC(=O)CN1C(=O)c2ccccc2S1(=O)=O. The summed E-state index contributed by atoms with van der Waals surface area (Å²) in [5.74, 6) is -1.12. The van der Waals surface area contributed by atoms with Gasteiger partial charge in [0.15, 0.2) is 0 Å².